The van der Waals surface area contributed by atoms with Gasteiger partial charge in [-0.3, -0.25) is 14.5 Å². The highest BCUT2D eigenvalue weighted by molar-refractivity contribution is 6.36. The van der Waals surface area contributed by atoms with E-state index >= 15 is 0 Å². The van der Waals surface area contributed by atoms with Crippen LogP contribution < -0.4 is 5.73 Å². The molecule has 1 amide bonds. The number of hydrogen-bond acceptors (Lipinski definition) is 10. The second-order valence-electron chi connectivity index (χ2n) is 11.0. The molecular weight excluding hydrogens is 532 g/mol. The quantitative estimate of drug-likeness (QED) is 0.306. The molecule has 2 heterocycles. The number of aromatic nitrogens is 3. The van der Waals surface area contributed by atoms with Crippen molar-refractivity contribution in [1.29, 1.82) is 0 Å². The number of aliphatic hydroxyl groups is 2. The maximum atomic E-state index is 14.1. The molecule has 13 nitrogen and oxygen atoms in total. The minimum Gasteiger partial charge on any atom is -0.804 e. The van der Waals surface area contributed by atoms with Crippen LogP contribution in [0.3, 0.4) is 0 Å². The Labute approximate surface area is 233 Å². The smallest absolute Gasteiger partial charge is 0.250 e. The zero-order valence-corrected chi connectivity index (χ0v) is 22.4. The summed E-state index contributed by atoms with van der Waals surface area (Å²) in [6, 6.07) is 3.50. The second kappa shape index (κ2) is 9.36. The van der Waals surface area contributed by atoms with Gasteiger partial charge < -0.3 is 36.3 Å². The van der Waals surface area contributed by atoms with Crippen molar-refractivity contribution in [2.24, 2.45) is 11.7 Å². The van der Waals surface area contributed by atoms with Crippen LogP contribution >= 0.6 is 0 Å². The Morgan fingerprint density at radius 3 is 2.56 bits per heavy atom. The maximum Gasteiger partial charge on any atom is 0.250 e. The summed E-state index contributed by atoms with van der Waals surface area (Å²) in [6.07, 6.45) is 1.64. The van der Waals surface area contributed by atoms with Crippen LogP contribution in [0, 0.1) is 5.92 Å². The molecule has 3 aromatic rings. The number of ketones is 1. The number of Topliss-reactive ketones (excluding diaryl/α,β-unsaturated/α-hetero) is 1. The number of hydrogen-bond donors (Lipinski definition) is 5. The van der Waals surface area contributed by atoms with Gasteiger partial charge in [-0.2, -0.15) is 0 Å². The molecule has 6 rings (SSSR count). The molecule has 0 spiro atoms. The van der Waals surface area contributed by atoms with Crippen LogP contribution in [0.1, 0.15) is 41.4 Å². The monoisotopic (exact) mass is 561 g/mol. The number of phenols is 2. The van der Waals surface area contributed by atoms with Crippen molar-refractivity contribution in [3.63, 3.8) is 0 Å². The predicted molar refractivity (Wildman–Crippen MR) is 146 cm³/mol. The summed E-state index contributed by atoms with van der Waals surface area (Å²) in [5.74, 6) is -4.83. The van der Waals surface area contributed by atoms with Gasteiger partial charge in [0, 0.05) is 24.4 Å². The van der Waals surface area contributed by atoms with Crippen LogP contribution in [-0.4, -0.2) is 95.7 Å². The van der Waals surface area contributed by atoms with E-state index in [9.17, 15) is 35.4 Å². The minimum absolute atomic E-state index is 0.0632. The van der Waals surface area contributed by atoms with E-state index in [1.54, 1.807) is 23.2 Å². The van der Waals surface area contributed by atoms with Crippen LogP contribution in [0.4, 0.5) is 0 Å². The highest BCUT2D eigenvalue weighted by Crippen LogP contribution is 2.50. The molecular formula is C28H29N6O7-. The molecule has 3 aliphatic rings. The van der Waals surface area contributed by atoms with Gasteiger partial charge in [0.25, 0.3) is 5.91 Å². The average Bonchev–Trinajstić information content (AvgIpc) is 3.42. The fourth-order valence-electron chi connectivity index (χ4n) is 6.33. The van der Waals surface area contributed by atoms with Gasteiger partial charge in [-0.25, -0.2) is 4.68 Å². The van der Waals surface area contributed by atoms with Crippen molar-refractivity contribution in [1.82, 2.24) is 19.9 Å². The summed E-state index contributed by atoms with van der Waals surface area (Å²) in [5, 5.41) is 65.1. The zero-order valence-electron chi connectivity index (χ0n) is 22.4. The van der Waals surface area contributed by atoms with Gasteiger partial charge in [0.15, 0.2) is 0 Å². The molecule has 1 fully saturated rings. The largest absolute Gasteiger partial charge is 0.804 e. The third kappa shape index (κ3) is 3.76. The molecule has 1 aromatic heterocycles. The fraction of sp³-hybridized carbons (Fsp3) is 0.393. The number of amides is 1. The molecule has 0 saturated carbocycles. The number of benzene rings is 2. The lowest BCUT2D eigenvalue weighted by molar-refractivity contribution is -0.114. The first-order valence-electron chi connectivity index (χ1n) is 13.3. The van der Waals surface area contributed by atoms with Crippen LogP contribution in [0.5, 0.6) is 11.5 Å². The molecule has 0 radical (unpaired) electrons. The van der Waals surface area contributed by atoms with Crippen LogP contribution in [0.2, 0.25) is 0 Å². The first-order valence-corrected chi connectivity index (χ1v) is 13.3. The number of ether oxygens (including phenoxy) is 1. The number of carbonyl (C=O) groups is 2. The fourth-order valence-corrected chi connectivity index (χ4v) is 6.33. The highest BCUT2D eigenvalue weighted by atomic mass is 16.5. The number of rotatable bonds is 4. The van der Waals surface area contributed by atoms with Gasteiger partial charge in [0.05, 0.1) is 53.4 Å². The Balaban J connectivity index is 1.58. The third-order valence-electron chi connectivity index (χ3n) is 8.41. The van der Waals surface area contributed by atoms with Crippen LogP contribution in [0.15, 0.2) is 35.7 Å². The standard InChI is InChI=1S/C28H29N6O7/c1-12(2)16-11-34(32-31-16)17-3-4-18(35)20-14(17)9-13-10-15-22(33-5-7-41-8-6-33)24(37)21(27(30)39)25(29)28(15,40)26(38)19(13)23(20)36/h3-4,9,11-12,15,22,35-37,40H,5-8,10H2,1-2H3,(H2,30,39)/q-1/t15-,22+,28+/m0/s1. The number of phenolic OH excluding ortho intramolecular Hbond substituents is 2. The van der Waals surface area contributed by atoms with E-state index in [0.717, 1.165) is 5.69 Å². The van der Waals surface area contributed by atoms with E-state index in [-0.39, 0.29) is 29.0 Å². The molecule has 2 aliphatic carbocycles. The summed E-state index contributed by atoms with van der Waals surface area (Å²) in [6.45, 7) is 5.19. The predicted octanol–water partition coefficient (Wildman–Crippen LogP) is 1.06. The van der Waals surface area contributed by atoms with E-state index in [1.165, 1.54) is 10.7 Å². The first-order chi connectivity index (χ1) is 19.5. The number of nitrogens with zero attached hydrogens (tertiary/aromatic N) is 5. The molecule has 0 bridgehead atoms. The topological polar surface area (TPSA) is 207 Å². The second-order valence-corrected chi connectivity index (χ2v) is 11.0. The lowest BCUT2D eigenvalue weighted by Crippen LogP contribution is -2.67. The SMILES string of the molecule is CC(C)c1cn(-c2ccc(O)c3c(O)c4c(cc23)C[C@H]2[C@@H](N3CCOCC3)C(O)=C(C(N)=O)C(=[N-])[C@@]2(O)C4=O)nn1. The lowest BCUT2D eigenvalue weighted by atomic mass is 9.61. The Kier molecular flexibility index (Phi) is 6.14. The summed E-state index contributed by atoms with van der Waals surface area (Å²) >= 11 is 0. The molecule has 6 N–H and O–H groups in total. The molecule has 41 heavy (non-hydrogen) atoms. The van der Waals surface area contributed by atoms with Crippen molar-refractivity contribution in [3.8, 4) is 17.2 Å². The Bertz CT molecular complexity index is 1670. The van der Waals surface area contributed by atoms with Crippen molar-refractivity contribution in [3.05, 3.63) is 58.0 Å². The number of fused-ring (bicyclic) bond motifs is 3. The van der Waals surface area contributed by atoms with Crippen LogP contribution in [-0.2, 0) is 16.0 Å². The molecule has 2 aromatic carbocycles. The van der Waals surface area contributed by atoms with E-state index < -0.39 is 52.0 Å². The number of morpholine rings is 1. The summed E-state index contributed by atoms with van der Waals surface area (Å²) < 4.78 is 6.93. The number of aromatic hydroxyl groups is 2. The third-order valence-corrected chi connectivity index (χ3v) is 8.41. The lowest BCUT2D eigenvalue weighted by Gasteiger charge is -2.53. The van der Waals surface area contributed by atoms with E-state index in [2.05, 4.69) is 10.3 Å². The Morgan fingerprint density at radius 2 is 1.93 bits per heavy atom. The highest BCUT2D eigenvalue weighted by Gasteiger charge is 2.58. The summed E-state index contributed by atoms with van der Waals surface area (Å²) in [5.41, 5.74) is 2.17. The Hall–Kier alpha value is -4.33. The summed E-state index contributed by atoms with van der Waals surface area (Å²) in [7, 11) is 0. The van der Waals surface area contributed by atoms with Crippen molar-refractivity contribution in [2.45, 2.75) is 37.8 Å². The van der Waals surface area contributed by atoms with Crippen LogP contribution in [0.25, 0.3) is 21.9 Å². The minimum atomic E-state index is -2.69. The molecule has 1 aliphatic heterocycles. The number of carbonyl (C=O) groups excluding carboxylic acids is 2. The molecule has 0 unspecified atom stereocenters. The zero-order chi connectivity index (χ0) is 29.4. The number of nitrogens with two attached hydrogens (primary N) is 1. The summed E-state index contributed by atoms with van der Waals surface area (Å²) in [4.78, 5) is 28.2. The van der Waals surface area contributed by atoms with Crippen molar-refractivity contribution in [2.75, 3.05) is 26.3 Å². The maximum absolute atomic E-state index is 14.1. The van der Waals surface area contributed by atoms with Gasteiger partial charge >= 0.3 is 0 Å². The van der Waals surface area contributed by atoms with Gasteiger partial charge in [0.2, 0.25) is 5.78 Å². The van der Waals surface area contributed by atoms with Gasteiger partial charge in [-0.05, 0) is 36.1 Å². The first kappa shape index (κ1) is 26.9. The van der Waals surface area contributed by atoms with Crippen molar-refractivity contribution < 1.29 is 34.8 Å². The molecule has 3 atom stereocenters. The van der Waals surface area contributed by atoms with Gasteiger partial charge in [-0.15, -0.1) is 10.8 Å². The molecule has 13 heteroatoms. The molecule has 214 valence electrons. The molecule has 1 saturated heterocycles. The number of aliphatic hydroxyl groups excluding tert-OH is 1. The Morgan fingerprint density at radius 1 is 1.22 bits per heavy atom. The van der Waals surface area contributed by atoms with Gasteiger partial charge in [-0.1, -0.05) is 19.1 Å². The van der Waals surface area contributed by atoms with Crippen molar-refractivity contribution >= 4 is 28.2 Å². The normalized spacial score (nSPS) is 25.1. The van der Waals surface area contributed by atoms with Gasteiger partial charge in [0.1, 0.15) is 22.9 Å². The number of primary amides is 1. The van der Waals surface area contributed by atoms with E-state index in [4.69, 9.17) is 10.5 Å². The average molecular weight is 562 g/mol. The van der Waals surface area contributed by atoms with E-state index in [0.29, 0.717) is 42.9 Å². The van der Waals surface area contributed by atoms with E-state index in [1.807, 2.05) is 13.8 Å².